The number of furan rings is 1. The third-order valence-corrected chi connectivity index (χ3v) is 6.42. The zero-order valence-electron chi connectivity index (χ0n) is 17.3. The van der Waals surface area contributed by atoms with Crippen LogP contribution in [0.1, 0.15) is 11.3 Å². The van der Waals surface area contributed by atoms with Gasteiger partial charge in [-0.25, -0.2) is 8.42 Å². The van der Waals surface area contributed by atoms with Crippen molar-refractivity contribution in [3.8, 4) is 5.75 Å². The van der Waals surface area contributed by atoms with Crippen LogP contribution in [-0.4, -0.2) is 32.9 Å². The summed E-state index contributed by atoms with van der Waals surface area (Å²) in [4.78, 5) is 22.9. The highest BCUT2D eigenvalue weighted by Crippen LogP contribution is 2.29. The SMILES string of the molecule is COc1ccc(N(CC(=O)NCc2ccco2)S(=O)(=O)c2ccc(C)c([N+](=O)[O-])c2)cc1. The number of methoxy groups -OCH3 is 1. The lowest BCUT2D eigenvalue weighted by atomic mass is 10.2. The molecule has 0 fully saturated rings. The lowest BCUT2D eigenvalue weighted by Crippen LogP contribution is -2.40. The summed E-state index contributed by atoms with van der Waals surface area (Å²) in [7, 11) is -2.84. The highest BCUT2D eigenvalue weighted by molar-refractivity contribution is 7.92. The van der Waals surface area contributed by atoms with Crippen LogP contribution in [0.3, 0.4) is 0 Å². The van der Waals surface area contributed by atoms with E-state index in [-0.39, 0.29) is 22.8 Å². The number of carbonyl (C=O) groups is 1. The second kappa shape index (κ2) is 9.52. The van der Waals surface area contributed by atoms with Gasteiger partial charge in [0.25, 0.3) is 15.7 Å². The molecule has 0 atom stereocenters. The third kappa shape index (κ3) is 5.06. The minimum absolute atomic E-state index is 0.0817. The first-order valence-corrected chi connectivity index (χ1v) is 10.9. The normalized spacial score (nSPS) is 11.1. The maximum Gasteiger partial charge on any atom is 0.273 e. The minimum atomic E-state index is -4.31. The number of sulfonamides is 1. The number of aryl methyl sites for hydroxylation is 1. The average Bonchev–Trinajstić information content (AvgIpc) is 3.30. The highest BCUT2D eigenvalue weighted by atomic mass is 32.2. The molecule has 11 heteroatoms. The van der Waals surface area contributed by atoms with Crippen LogP contribution in [-0.2, 0) is 21.4 Å². The van der Waals surface area contributed by atoms with E-state index in [0.717, 1.165) is 10.4 Å². The summed E-state index contributed by atoms with van der Waals surface area (Å²) in [6.07, 6.45) is 1.46. The van der Waals surface area contributed by atoms with Crippen molar-refractivity contribution in [1.29, 1.82) is 0 Å². The van der Waals surface area contributed by atoms with E-state index in [1.54, 1.807) is 24.3 Å². The average molecular weight is 459 g/mol. The van der Waals surface area contributed by atoms with Gasteiger partial charge in [-0.15, -0.1) is 0 Å². The molecular formula is C21H21N3O7S. The van der Waals surface area contributed by atoms with Gasteiger partial charge in [0.15, 0.2) is 0 Å². The van der Waals surface area contributed by atoms with Crippen molar-refractivity contribution in [2.45, 2.75) is 18.4 Å². The van der Waals surface area contributed by atoms with Gasteiger partial charge in [-0.3, -0.25) is 19.2 Å². The lowest BCUT2D eigenvalue weighted by Gasteiger charge is -2.24. The Kier molecular flexibility index (Phi) is 6.79. The van der Waals surface area contributed by atoms with E-state index in [4.69, 9.17) is 9.15 Å². The predicted molar refractivity (Wildman–Crippen MR) is 116 cm³/mol. The molecule has 0 saturated carbocycles. The number of nitro benzene ring substituents is 1. The van der Waals surface area contributed by atoms with E-state index in [1.165, 1.54) is 44.6 Å². The van der Waals surface area contributed by atoms with Crippen LogP contribution in [0.5, 0.6) is 5.75 Å². The monoisotopic (exact) mass is 459 g/mol. The molecule has 0 unspecified atom stereocenters. The summed E-state index contributed by atoms with van der Waals surface area (Å²) in [5.74, 6) is 0.424. The second-order valence-corrected chi connectivity index (χ2v) is 8.63. The van der Waals surface area contributed by atoms with Crippen LogP contribution in [0.15, 0.2) is 70.2 Å². The zero-order chi connectivity index (χ0) is 23.3. The molecule has 0 aliphatic heterocycles. The number of anilines is 1. The molecule has 168 valence electrons. The Bertz CT molecular complexity index is 1210. The molecule has 2 aromatic carbocycles. The topological polar surface area (TPSA) is 132 Å². The molecule has 1 heterocycles. The largest absolute Gasteiger partial charge is 0.497 e. The van der Waals surface area contributed by atoms with Crippen LogP contribution >= 0.6 is 0 Å². The van der Waals surface area contributed by atoms with Gasteiger partial charge in [0.1, 0.15) is 18.1 Å². The van der Waals surface area contributed by atoms with Crippen molar-refractivity contribution >= 4 is 27.3 Å². The molecule has 3 rings (SSSR count). The van der Waals surface area contributed by atoms with Crippen LogP contribution in [0, 0.1) is 17.0 Å². The van der Waals surface area contributed by atoms with Gasteiger partial charge >= 0.3 is 0 Å². The summed E-state index contributed by atoms with van der Waals surface area (Å²) in [6, 6.07) is 13.0. The molecule has 3 aromatic rings. The number of benzene rings is 2. The molecule has 32 heavy (non-hydrogen) atoms. The van der Waals surface area contributed by atoms with Gasteiger partial charge in [0.2, 0.25) is 5.91 Å². The van der Waals surface area contributed by atoms with Crippen molar-refractivity contribution < 1.29 is 27.3 Å². The molecule has 10 nitrogen and oxygen atoms in total. The van der Waals surface area contributed by atoms with E-state index >= 15 is 0 Å². The van der Waals surface area contributed by atoms with E-state index < -0.39 is 27.4 Å². The van der Waals surface area contributed by atoms with E-state index in [1.807, 2.05) is 0 Å². The number of nitrogens with zero attached hydrogens (tertiary/aromatic N) is 2. The van der Waals surface area contributed by atoms with Crippen LogP contribution in [0.2, 0.25) is 0 Å². The summed E-state index contributed by atoms with van der Waals surface area (Å²) in [6.45, 7) is 1.05. The van der Waals surface area contributed by atoms with Gasteiger partial charge in [-0.05, 0) is 49.4 Å². The lowest BCUT2D eigenvalue weighted by molar-refractivity contribution is -0.385. The molecule has 0 aliphatic rings. The Balaban J connectivity index is 1.95. The Hall–Kier alpha value is -3.86. The smallest absolute Gasteiger partial charge is 0.273 e. The van der Waals surface area contributed by atoms with Gasteiger partial charge in [0, 0.05) is 11.6 Å². The minimum Gasteiger partial charge on any atom is -0.497 e. The van der Waals surface area contributed by atoms with Crippen molar-refractivity contribution in [1.82, 2.24) is 5.32 Å². The quantitative estimate of drug-likeness (QED) is 0.384. The fourth-order valence-corrected chi connectivity index (χ4v) is 4.36. The van der Waals surface area contributed by atoms with Crippen molar-refractivity contribution in [2.75, 3.05) is 18.0 Å². The third-order valence-electron chi connectivity index (χ3n) is 4.65. The maximum absolute atomic E-state index is 13.4. The zero-order valence-corrected chi connectivity index (χ0v) is 18.2. The van der Waals surface area contributed by atoms with E-state index in [2.05, 4.69) is 5.32 Å². The first-order valence-electron chi connectivity index (χ1n) is 9.43. The van der Waals surface area contributed by atoms with Crippen LogP contribution in [0.25, 0.3) is 0 Å². The van der Waals surface area contributed by atoms with Crippen LogP contribution < -0.4 is 14.4 Å². The predicted octanol–water partition coefficient (Wildman–Crippen LogP) is 3.02. The number of carbonyl (C=O) groups excluding carboxylic acids is 1. The van der Waals surface area contributed by atoms with Crippen LogP contribution in [0.4, 0.5) is 11.4 Å². The van der Waals surface area contributed by atoms with Crippen molar-refractivity contribution in [3.63, 3.8) is 0 Å². The summed E-state index contributed by atoms with van der Waals surface area (Å²) in [5, 5.41) is 13.9. The van der Waals surface area contributed by atoms with Gasteiger partial charge in [-0.2, -0.15) is 0 Å². The number of nitro groups is 1. The molecule has 0 bridgehead atoms. The molecule has 1 N–H and O–H groups in total. The molecule has 1 aromatic heterocycles. The fraction of sp³-hybridized carbons (Fsp3) is 0.190. The molecule has 0 radical (unpaired) electrons. The highest BCUT2D eigenvalue weighted by Gasteiger charge is 2.29. The molecular weight excluding hydrogens is 438 g/mol. The van der Waals surface area contributed by atoms with Gasteiger partial charge in [-0.1, -0.05) is 6.07 Å². The molecule has 0 saturated heterocycles. The first-order chi connectivity index (χ1) is 15.2. The second-order valence-electron chi connectivity index (χ2n) is 6.77. The maximum atomic E-state index is 13.4. The summed E-state index contributed by atoms with van der Waals surface area (Å²) >= 11 is 0. The fourth-order valence-electron chi connectivity index (χ4n) is 2.92. The molecule has 1 amide bonds. The number of ether oxygens (including phenoxy) is 1. The van der Waals surface area contributed by atoms with E-state index in [0.29, 0.717) is 17.1 Å². The Morgan fingerprint density at radius 1 is 1.19 bits per heavy atom. The first kappa shape index (κ1) is 22.8. The summed E-state index contributed by atoms with van der Waals surface area (Å²) < 4.78 is 38.0. The van der Waals surface area contributed by atoms with E-state index in [9.17, 15) is 23.3 Å². The number of hydrogen-bond donors (Lipinski definition) is 1. The number of amides is 1. The molecule has 0 aliphatic carbocycles. The summed E-state index contributed by atoms with van der Waals surface area (Å²) in [5.41, 5.74) is 0.186. The number of nitrogens with one attached hydrogen (secondary N) is 1. The Morgan fingerprint density at radius 2 is 1.91 bits per heavy atom. The van der Waals surface area contributed by atoms with Crippen molar-refractivity contribution in [3.05, 3.63) is 82.3 Å². The van der Waals surface area contributed by atoms with Gasteiger partial charge < -0.3 is 14.5 Å². The van der Waals surface area contributed by atoms with Crippen molar-refractivity contribution in [2.24, 2.45) is 0 Å². The number of rotatable bonds is 9. The molecule has 0 spiro atoms. The Morgan fingerprint density at radius 3 is 2.50 bits per heavy atom. The Labute approximate surface area is 184 Å². The van der Waals surface area contributed by atoms with Gasteiger partial charge in [0.05, 0.1) is 35.4 Å². The standard InChI is InChI=1S/C21H21N3O7S/c1-15-5-10-19(12-20(15)24(26)27)32(28,29)23(16-6-8-17(30-2)9-7-16)14-21(25)22-13-18-4-3-11-31-18/h3-12H,13-14H2,1-2H3,(H,22,25). The number of hydrogen-bond acceptors (Lipinski definition) is 7.